The fourth-order valence-electron chi connectivity index (χ4n) is 3.01. The van der Waals surface area contributed by atoms with Crippen LogP contribution in [-0.2, 0) is 16.6 Å². The first-order valence-corrected chi connectivity index (χ1v) is 11.9. The van der Waals surface area contributed by atoms with Gasteiger partial charge in [-0.3, -0.25) is 9.59 Å². The van der Waals surface area contributed by atoms with Gasteiger partial charge in [0.05, 0.1) is 26.7 Å². The molecule has 0 aromatic heterocycles. The average Bonchev–Trinajstić information content (AvgIpc) is 2.78. The molecule has 0 bridgehead atoms. The zero-order chi connectivity index (χ0) is 24.2. The van der Waals surface area contributed by atoms with Crippen molar-refractivity contribution in [3.8, 4) is 0 Å². The molecule has 33 heavy (non-hydrogen) atoms. The van der Waals surface area contributed by atoms with Crippen molar-refractivity contribution in [2.75, 3.05) is 19.4 Å². The number of benzene rings is 3. The highest BCUT2D eigenvalue weighted by atomic mass is 35.5. The lowest BCUT2D eigenvalue weighted by Gasteiger charge is -2.14. The minimum atomic E-state index is -3.75. The second-order valence-corrected chi connectivity index (χ2v) is 10.2. The van der Waals surface area contributed by atoms with Crippen LogP contribution in [0.2, 0.25) is 5.02 Å². The van der Waals surface area contributed by atoms with Gasteiger partial charge >= 0.3 is 0 Å². The van der Waals surface area contributed by atoms with Crippen molar-refractivity contribution >= 4 is 39.1 Å². The topological polar surface area (TPSA) is 95.6 Å². The number of halogens is 1. The van der Waals surface area contributed by atoms with E-state index in [1.807, 2.05) is 31.2 Å². The van der Waals surface area contributed by atoms with E-state index in [0.29, 0.717) is 6.54 Å². The number of aryl methyl sites for hydroxylation is 1. The third-order valence-corrected chi connectivity index (χ3v) is 7.10. The minimum Gasteiger partial charge on any atom is -0.348 e. The highest BCUT2D eigenvalue weighted by Crippen LogP contribution is 2.24. The number of nitrogens with zero attached hydrogens (tertiary/aromatic N) is 1. The maximum atomic E-state index is 12.9. The average molecular weight is 486 g/mol. The summed E-state index contributed by atoms with van der Waals surface area (Å²) in [6, 6.07) is 18.2. The molecule has 0 saturated heterocycles. The Morgan fingerprint density at radius 2 is 1.58 bits per heavy atom. The molecule has 3 aromatic carbocycles. The zero-order valence-electron chi connectivity index (χ0n) is 18.4. The van der Waals surface area contributed by atoms with Crippen LogP contribution in [-0.4, -0.2) is 38.6 Å². The normalized spacial score (nSPS) is 11.3. The summed E-state index contributed by atoms with van der Waals surface area (Å²) in [5, 5.41) is 5.60. The molecule has 2 N–H and O–H groups in total. The molecule has 7 nitrogen and oxygen atoms in total. The molecular weight excluding hydrogens is 462 g/mol. The molecule has 0 atom stereocenters. The first-order chi connectivity index (χ1) is 15.6. The van der Waals surface area contributed by atoms with Crippen LogP contribution in [0.3, 0.4) is 0 Å². The lowest BCUT2D eigenvalue weighted by molar-refractivity contribution is 0.0951. The monoisotopic (exact) mass is 485 g/mol. The summed E-state index contributed by atoms with van der Waals surface area (Å²) < 4.78 is 25.9. The van der Waals surface area contributed by atoms with Crippen LogP contribution in [0, 0.1) is 6.92 Å². The van der Waals surface area contributed by atoms with E-state index < -0.39 is 15.9 Å². The summed E-state index contributed by atoms with van der Waals surface area (Å²) in [5.41, 5.74) is 2.60. The first kappa shape index (κ1) is 24.4. The molecule has 0 heterocycles. The van der Waals surface area contributed by atoms with E-state index in [1.54, 1.807) is 24.3 Å². The Balaban J connectivity index is 1.81. The van der Waals surface area contributed by atoms with Gasteiger partial charge in [-0.25, -0.2) is 12.7 Å². The fraction of sp³-hybridized carbons (Fsp3) is 0.167. The summed E-state index contributed by atoms with van der Waals surface area (Å²) in [5.74, 6) is -0.990. The van der Waals surface area contributed by atoms with Gasteiger partial charge in [-0.05, 0) is 42.8 Å². The van der Waals surface area contributed by atoms with Gasteiger partial charge in [0.2, 0.25) is 10.0 Å². The molecule has 0 aliphatic rings. The van der Waals surface area contributed by atoms with Crippen LogP contribution in [0.25, 0.3) is 0 Å². The number of carbonyl (C=O) groups is 2. The van der Waals surface area contributed by atoms with Gasteiger partial charge in [0.1, 0.15) is 0 Å². The lowest BCUT2D eigenvalue weighted by atomic mass is 10.1. The molecule has 3 rings (SSSR count). The largest absolute Gasteiger partial charge is 0.348 e. The van der Waals surface area contributed by atoms with Crippen LogP contribution in [0.15, 0.2) is 71.6 Å². The number of amides is 2. The quantitative estimate of drug-likeness (QED) is 0.527. The number of rotatable bonds is 7. The van der Waals surface area contributed by atoms with E-state index in [4.69, 9.17) is 11.6 Å². The molecule has 172 valence electrons. The molecule has 0 aliphatic carbocycles. The van der Waals surface area contributed by atoms with Crippen molar-refractivity contribution in [2.24, 2.45) is 0 Å². The molecule has 9 heteroatoms. The maximum Gasteiger partial charge on any atom is 0.257 e. The predicted molar refractivity (Wildman–Crippen MR) is 129 cm³/mol. The van der Waals surface area contributed by atoms with E-state index in [2.05, 4.69) is 10.6 Å². The van der Waals surface area contributed by atoms with E-state index in [9.17, 15) is 18.0 Å². The van der Waals surface area contributed by atoms with Gasteiger partial charge in [0.15, 0.2) is 0 Å². The minimum absolute atomic E-state index is 0.0190. The van der Waals surface area contributed by atoms with E-state index in [0.717, 1.165) is 15.4 Å². The van der Waals surface area contributed by atoms with Gasteiger partial charge in [-0.15, -0.1) is 0 Å². The molecule has 0 radical (unpaired) electrons. The second-order valence-electron chi connectivity index (χ2n) is 7.60. The maximum absolute atomic E-state index is 12.9. The Morgan fingerprint density at radius 3 is 2.24 bits per heavy atom. The summed E-state index contributed by atoms with van der Waals surface area (Å²) >= 11 is 6.17. The summed E-state index contributed by atoms with van der Waals surface area (Å²) in [6.07, 6.45) is 0. The Bertz CT molecular complexity index is 1290. The Hall–Kier alpha value is -3.20. The lowest BCUT2D eigenvalue weighted by Crippen LogP contribution is -2.25. The number of hydrogen-bond acceptors (Lipinski definition) is 4. The molecule has 0 spiro atoms. The smallest absolute Gasteiger partial charge is 0.257 e. The van der Waals surface area contributed by atoms with Crippen LogP contribution in [0.4, 0.5) is 5.69 Å². The van der Waals surface area contributed by atoms with Gasteiger partial charge < -0.3 is 10.6 Å². The van der Waals surface area contributed by atoms with E-state index in [1.165, 1.54) is 32.3 Å². The molecule has 0 unspecified atom stereocenters. The van der Waals surface area contributed by atoms with Crippen molar-refractivity contribution in [1.29, 1.82) is 0 Å². The van der Waals surface area contributed by atoms with E-state index in [-0.39, 0.29) is 32.6 Å². The van der Waals surface area contributed by atoms with Crippen LogP contribution < -0.4 is 10.6 Å². The third-order valence-electron chi connectivity index (χ3n) is 4.95. The van der Waals surface area contributed by atoms with Crippen molar-refractivity contribution < 1.29 is 18.0 Å². The Morgan fingerprint density at radius 1 is 0.909 bits per heavy atom. The summed E-state index contributed by atoms with van der Waals surface area (Å²) in [4.78, 5) is 25.6. The first-order valence-electron chi connectivity index (χ1n) is 10.1. The molecular formula is C24H24ClN3O4S. The summed E-state index contributed by atoms with van der Waals surface area (Å²) in [7, 11) is -0.954. The van der Waals surface area contributed by atoms with Gasteiger partial charge in [0.25, 0.3) is 11.8 Å². The zero-order valence-corrected chi connectivity index (χ0v) is 20.0. The number of para-hydroxylation sites is 1. The van der Waals surface area contributed by atoms with Crippen molar-refractivity contribution in [2.45, 2.75) is 18.4 Å². The second kappa shape index (κ2) is 10.2. The van der Waals surface area contributed by atoms with Gasteiger partial charge in [-0.1, -0.05) is 53.6 Å². The molecule has 2 amide bonds. The van der Waals surface area contributed by atoms with Crippen LogP contribution in [0.5, 0.6) is 0 Å². The third kappa shape index (κ3) is 5.78. The number of hydrogen-bond donors (Lipinski definition) is 2. The highest BCUT2D eigenvalue weighted by Gasteiger charge is 2.22. The van der Waals surface area contributed by atoms with Crippen LogP contribution in [0.1, 0.15) is 31.8 Å². The number of carbonyl (C=O) groups excluding carboxylic acids is 2. The Kier molecular flexibility index (Phi) is 7.53. The van der Waals surface area contributed by atoms with Gasteiger partial charge in [-0.2, -0.15) is 0 Å². The van der Waals surface area contributed by atoms with Gasteiger partial charge in [0, 0.05) is 20.6 Å². The van der Waals surface area contributed by atoms with E-state index >= 15 is 0 Å². The number of sulfonamides is 1. The highest BCUT2D eigenvalue weighted by molar-refractivity contribution is 7.89. The van der Waals surface area contributed by atoms with Crippen molar-refractivity contribution in [3.63, 3.8) is 0 Å². The predicted octanol–water partition coefficient (Wildman–Crippen LogP) is 4.08. The fourth-order valence-corrected chi connectivity index (χ4v) is 4.14. The number of anilines is 1. The van der Waals surface area contributed by atoms with Crippen molar-refractivity contribution in [3.05, 3.63) is 94.0 Å². The Labute approximate surface area is 198 Å². The molecule has 3 aromatic rings. The molecule has 0 saturated carbocycles. The molecule has 0 aliphatic heterocycles. The molecule has 0 fully saturated rings. The van der Waals surface area contributed by atoms with Crippen molar-refractivity contribution in [1.82, 2.24) is 9.62 Å². The summed E-state index contributed by atoms with van der Waals surface area (Å²) in [6.45, 7) is 2.32. The standard InChI is InChI=1S/C24H24ClN3O4S/c1-16-8-10-17(11-9-16)15-26-23(29)19-6-4-5-7-22(19)27-24(30)20-14-18(12-13-21(20)25)33(31,32)28(2)3/h4-14H,15H2,1-3H3,(H,26,29)(H,27,30). The SMILES string of the molecule is Cc1ccc(CNC(=O)c2ccccc2NC(=O)c2cc(S(=O)(=O)N(C)C)ccc2Cl)cc1. The number of nitrogens with one attached hydrogen (secondary N) is 2. The van der Waals surface area contributed by atoms with Crippen LogP contribution >= 0.6 is 11.6 Å².